The Morgan fingerprint density at radius 1 is 1.18 bits per heavy atom. The largest absolute Gasteiger partial charge is 0.463 e. The monoisotopic (exact) mass is 387 g/mol. The van der Waals surface area contributed by atoms with E-state index in [1.54, 1.807) is 6.07 Å². The summed E-state index contributed by atoms with van der Waals surface area (Å²) in [6.45, 7) is 5.51. The number of imide groups is 1. The quantitative estimate of drug-likeness (QED) is 0.442. The maximum absolute atomic E-state index is 12.6. The summed E-state index contributed by atoms with van der Waals surface area (Å²) in [6, 6.07) is 5.90. The van der Waals surface area contributed by atoms with Crippen LogP contribution in [-0.4, -0.2) is 43.0 Å². The van der Waals surface area contributed by atoms with E-state index in [0.29, 0.717) is 11.6 Å². The number of esters is 1. The number of amides is 3. The van der Waals surface area contributed by atoms with Crippen LogP contribution < -0.4 is 10.2 Å². The molecule has 9 nitrogen and oxygen atoms in total. The second-order valence-electron chi connectivity index (χ2n) is 5.99. The Hall–Kier alpha value is -3.49. The first kappa shape index (κ1) is 19.3. The number of carbonyl (C=O) groups excluding carboxylic acids is 3. The van der Waals surface area contributed by atoms with Gasteiger partial charge in [0.05, 0.1) is 13.7 Å². The van der Waals surface area contributed by atoms with Crippen molar-refractivity contribution in [2.75, 3.05) is 25.1 Å². The molecule has 2 aromatic rings. The van der Waals surface area contributed by atoms with E-state index in [1.165, 1.54) is 25.3 Å². The minimum atomic E-state index is -0.633. The second-order valence-corrected chi connectivity index (χ2v) is 5.99. The topological polar surface area (TPSA) is 105 Å². The van der Waals surface area contributed by atoms with Crippen molar-refractivity contribution in [3.63, 3.8) is 0 Å². The number of methoxy groups -OCH3 is 1. The van der Waals surface area contributed by atoms with E-state index in [0.717, 1.165) is 18.0 Å². The molecule has 1 saturated heterocycles. The van der Waals surface area contributed by atoms with Gasteiger partial charge in [0.1, 0.15) is 17.2 Å². The van der Waals surface area contributed by atoms with Crippen molar-refractivity contribution in [1.29, 1.82) is 0 Å². The van der Waals surface area contributed by atoms with Gasteiger partial charge in [0, 0.05) is 25.2 Å². The Morgan fingerprint density at radius 2 is 1.93 bits per heavy atom. The van der Waals surface area contributed by atoms with E-state index in [1.807, 2.05) is 24.8 Å². The normalized spacial score (nSPS) is 15.2. The summed E-state index contributed by atoms with van der Waals surface area (Å²) >= 11 is 0. The predicted octanol–water partition coefficient (Wildman–Crippen LogP) is 2.60. The molecule has 0 spiro atoms. The molecule has 148 valence electrons. The van der Waals surface area contributed by atoms with E-state index >= 15 is 0 Å². The lowest BCUT2D eigenvalue weighted by Gasteiger charge is -2.16. The van der Waals surface area contributed by atoms with Gasteiger partial charge in [-0.3, -0.25) is 9.69 Å². The van der Waals surface area contributed by atoms with Gasteiger partial charge in [-0.05, 0) is 32.0 Å². The Kier molecular flexibility index (Phi) is 5.53. The van der Waals surface area contributed by atoms with Crippen LogP contribution >= 0.6 is 0 Å². The van der Waals surface area contributed by atoms with E-state index in [4.69, 9.17) is 8.83 Å². The van der Waals surface area contributed by atoms with Gasteiger partial charge >= 0.3 is 12.0 Å². The zero-order chi connectivity index (χ0) is 20.3. The molecule has 0 radical (unpaired) electrons. The van der Waals surface area contributed by atoms with Crippen LogP contribution in [0.4, 0.5) is 10.7 Å². The molecule has 0 unspecified atom stereocenters. The second kappa shape index (κ2) is 8.03. The number of anilines is 1. The summed E-state index contributed by atoms with van der Waals surface area (Å²) in [4.78, 5) is 39.2. The average molecular weight is 387 g/mol. The summed E-state index contributed by atoms with van der Waals surface area (Å²) in [5.41, 5.74) is 0.102. The van der Waals surface area contributed by atoms with Crippen molar-refractivity contribution in [3.8, 4) is 0 Å². The fraction of sp³-hybridized carbons (Fsp3) is 0.316. The van der Waals surface area contributed by atoms with E-state index in [2.05, 4.69) is 10.1 Å². The molecule has 1 fully saturated rings. The van der Waals surface area contributed by atoms with E-state index in [-0.39, 0.29) is 23.8 Å². The molecule has 0 aliphatic carbocycles. The van der Waals surface area contributed by atoms with E-state index in [9.17, 15) is 14.4 Å². The van der Waals surface area contributed by atoms with Crippen LogP contribution in [-0.2, 0) is 16.1 Å². The highest BCUT2D eigenvalue weighted by Crippen LogP contribution is 2.22. The SMILES string of the molecule is CCN(CC)c1ccc(C=C2NC(=O)N(Cc3ccc(C(=O)OC)o3)C2=O)o1. The van der Waals surface area contributed by atoms with Crippen molar-refractivity contribution in [2.45, 2.75) is 20.4 Å². The minimum Gasteiger partial charge on any atom is -0.463 e. The van der Waals surface area contributed by atoms with Crippen molar-refractivity contribution in [2.24, 2.45) is 0 Å². The van der Waals surface area contributed by atoms with Crippen molar-refractivity contribution >= 4 is 29.9 Å². The van der Waals surface area contributed by atoms with Crippen LogP contribution in [0.2, 0.25) is 0 Å². The molecule has 0 aromatic carbocycles. The summed E-state index contributed by atoms with van der Waals surface area (Å²) in [7, 11) is 1.24. The summed E-state index contributed by atoms with van der Waals surface area (Å²) < 4.78 is 15.6. The van der Waals surface area contributed by atoms with Gasteiger partial charge in [0.15, 0.2) is 5.88 Å². The molecule has 0 atom stereocenters. The van der Waals surface area contributed by atoms with Gasteiger partial charge in [-0.2, -0.15) is 0 Å². The third-order valence-electron chi connectivity index (χ3n) is 4.30. The van der Waals surface area contributed by atoms with Crippen LogP contribution in [0.3, 0.4) is 0 Å². The van der Waals surface area contributed by atoms with E-state index < -0.39 is 17.9 Å². The highest BCUT2D eigenvalue weighted by molar-refractivity contribution is 6.13. The average Bonchev–Trinajstić information content (AvgIpc) is 3.40. The lowest BCUT2D eigenvalue weighted by molar-refractivity contribution is -0.123. The molecular weight excluding hydrogens is 366 g/mol. The van der Waals surface area contributed by atoms with Gasteiger partial charge in [-0.1, -0.05) is 0 Å². The molecule has 1 aliphatic heterocycles. The standard InChI is InChI=1S/C19H21N3O6/c1-4-21(5-2)16-9-7-12(28-16)10-14-17(23)22(19(25)20-14)11-13-6-8-15(27-13)18(24)26-3/h6-10H,4-5,11H2,1-3H3,(H,20,25). The molecular formula is C19H21N3O6. The number of ether oxygens (including phenoxy) is 1. The maximum Gasteiger partial charge on any atom is 0.373 e. The number of urea groups is 1. The Morgan fingerprint density at radius 3 is 2.61 bits per heavy atom. The zero-order valence-corrected chi connectivity index (χ0v) is 15.9. The smallest absolute Gasteiger partial charge is 0.373 e. The van der Waals surface area contributed by atoms with Gasteiger partial charge < -0.3 is 23.8 Å². The molecule has 2 aromatic heterocycles. The molecule has 0 saturated carbocycles. The lowest BCUT2D eigenvalue weighted by atomic mass is 10.3. The number of nitrogens with one attached hydrogen (secondary N) is 1. The number of nitrogens with zero attached hydrogens (tertiary/aromatic N) is 2. The first-order valence-corrected chi connectivity index (χ1v) is 8.83. The van der Waals surface area contributed by atoms with Crippen LogP contribution in [0.25, 0.3) is 6.08 Å². The zero-order valence-electron chi connectivity index (χ0n) is 15.9. The first-order chi connectivity index (χ1) is 13.5. The van der Waals surface area contributed by atoms with Crippen molar-refractivity contribution < 1.29 is 28.0 Å². The number of hydrogen-bond donors (Lipinski definition) is 1. The van der Waals surface area contributed by atoms with Crippen LogP contribution in [0, 0.1) is 0 Å². The molecule has 3 heterocycles. The van der Waals surface area contributed by atoms with Gasteiger partial charge in [0.2, 0.25) is 5.76 Å². The minimum absolute atomic E-state index is 0.000151. The molecule has 3 amide bonds. The fourth-order valence-electron chi connectivity index (χ4n) is 2.81. The van der Waals surface area contributed by atoms with Gasteiger partial charge in [-0.15, -0.1) is 0 Å². The third-order valence-corrected chi connectivity index (χ3v) is 4.30. The highest BCUT2D eigenvalue weighted by Gasteiger charge is 2.34. The molecule has 0 bridgehead atoms. The number of rotatable bonds is 7. The molecule has 1 aliphatic rings. The molecule has 9 heteroatoms. The number of furan rings is 2. The maximum atomic E-state index is 12.6. The first-order valence-electron chi connectivity index (χ1n) is 8.83. The van der Waals surface area contributed by atoms with Crippen LogP contribution in [0.1, 0.15) is 35.9 Å². The number of carbonyl (C=O) groups is 3. The number of hydrogen-bond acceptors (Lipinski definition) is 7. The summed E-state index contributed by atoms with van der Waals surface area (Å²) in [5.74, 6) is 0.286. The molecule has 3 rings (SSSR count). The van der Waals surface area contributed by atoms with Crippen molar-refractivity contribution in [1.82, 2.24) is 10.2 Å². The predicted molar refractivity (Wildman–Crippen MR) is 99.4 cm³/mol. The Labute approximate surface area is 161 Å². The van der Waals surface area contributed by atoms with Gasteiger partial charge in [-0.25, -0.2) is 9.59 Å². The lowest BCUT2D eigenvalue weighted by Crippen LogP contribution is -2.30. The summed E-state index contributed by atoms with van der Waals surface area (Å²) in [6.07, 6.45) is 1.48. The van der Waals surface area contributed by atoms with Crippen LogP contribution in [0.15, 0.2) is 38.8 Å². The Bertz CT molecular complexity index is 922. The molecule has 1 N–H and O–H groups in total. The molecule has 28 heavy (non-hydrogen) atoms. The fourth-order valence-corrected chi connectivity index (χ4v) is 2.81. The van der Waals surface area contributed by atoms with Crippen LogP contribution in [0.5, 0.6) is 0 Å². The highest BCUT2D eigenvalue weighted by atomic mass is 16.5. The third kappa shape index (κ3) is 3.78. The summed E-state index contributed by atoms with van der Waals surface area (Å²) in [5, 5.41) is 2.52. The van der Waals surface area contributed by atoms with Crippen molar-refractivity contribution in [3.05, 3.63) is 47.2 Å². The Balaban J connectivity index is 1.73. The van der Waals surface area contributed by atoms with Gasteiger partial charge in [0.25, 0.3) is 5.91 Å².